The predicted octanol–water partition coefficient (Wildman–Crippen LogP) is 1.47. The largest absolute Gasteiger partial charge is 0.478 e. The first-order chi connectivity index (χ1) is 9.31. The molecule has 3 N–H and O–H groups in total. The zero-order chi connectivity index (χ0) is 15.3. The Hall–Kier alpha value is -2.37. The standard InChI is InChI=1S/C14H18N2O4/c1-8-6-9(2)13(11(7-8)14(19)20)16-12(18)4-5-15-10(3)17/h6-7H,4-5H2,1-3H3,(H,15,17)(H,16,18)(H,19,20). The van der Waals surface area contributed by atoms with Gasteiger partial charge in [-0.1, -0.05) is 6.07 Å². The highest BCUT2D eigenvalue weighted by atomic mass is 16.4. The number of amides is 2. The number of hydrogen-bond donors (Lipinski definition) is 3. The van der Waals surface area contributed by atoms with Crippen LogP contribution in [-0.4, -0.2) is 29.4 Å². The Morgan fingerprint density at radius 2 is 1.85 bits per heavy atom. The van der Waals surface area contributed by atoms with Gasteiger partial charge in [0.15, 0.2) is 0 Å². The van der Waals surface area contributed by atoms with E-state index in [1.807, 2.05) is 0 Å². The molecule has 1 aromatic rings. The molecule has 0 radical (unpaired) electrons. The molecule has 6 heteroatoms. The first-order valence-electron chi connectivity index (χ1n) is 6.20. The van der Waals surface area contributed by atoms with Crippen molar-refractivity contribution in [1.82, 2.24) is 5.32 Å². The molecule has 0 atom stereocenters. The number of carbonyl (C=O) groups excluding carboxylic acids is 2. The summed E-state index contributed by atoms with van der Waals surface area (Å²) in [5, 5.41) is 14.3. The maximum atomic E-state index is 11.8. The van der Waals surface area contributed by atoms with Crippen molar-refractivity contribution in [2.24, 2.45) is 0 Å². The lowest BCUT2D eigenvalue weighted by Gasteiger charge is -2.13. The summed E-state index contributed by atoms with van der Waals surface area (Å²) in [6.07, 6.45) is 0.0892. The van der Waals surface area contributed by atoms with Crippen molar-refractivity contribution in [3.05, 3.63) is 28.8 Å². The van der Waals surface area contributed by atoms with E-state index in [2.05, 4.69) is 10.6 Å². The summed E-state index contributed by atoms with van der Waals surface area (Å²) < 4.78 is 0. The molecule has 0 aromatic heterocycles. The van der Waals surface area contributed by atoms with E-state index in [0.29, 0.717) is 11.3 Å². The van der Waals surface area contributed by atoms with E-state index < -0.39 is 5.97 Å². The van der Waals surface area contributed by atoms with Crippen LogP contribution in [-0.2, 0) is 9.59 Å². The van der Waals surface area contributed by atoms with Crippen molar-refractivity contribution < 1.29 is 19.5 Å². The Kier molecular flexibility index (Phi) is 5.25. The lowest BCUT2D eigenvalue weighted by atomic mass is 10.0. The first-order valence-corrected chi connectivity index (χ1v) is 6.20. The summed E-state index contributed by atoms with van der Waals surface area (Å²) in [6, 6.07) is 3.31. The SMILES string of the molecule is CC(=O)NCCC(=O)Nc1c(C)cc(C)cc1C(=O)O. The van der Waals surface area contributed by atoms with Crippen LogP contribution in [0.25, 0.3) is 0 Å². The Labute approximate surface area is 117 Å². The smallest absolute Gasteiger partial charge is 0.337 e. The maximum Gasteiger partial charge on any atom is 0.337 e. The zero-order valence-electron chi connectivity index (χ0n) is 11.7. The van der Waals surface area contributed by atoms with Gasteiger partial charge in [0.1, 0.15) is 0 Å². The third-order valence-corrected chi connectivity index (χ3v) is 2.70. The van der Waals surface area contributed by atoms with Crippen LogP contribution < -0.4 is 10.6 Å². The molecule has 1 aromatic carbocycles. The summed E-state index contributed by atoms with van der Waals surface area (Å²) in [4.78, 5) is 33.7. The van der Waals surface area contributed by atoms with E-state index in [1.165, 1.54) is 13.0 Å². The number of rotatable bonds is 5. The first kappa shape index (κ1) is 15.7. The molecular weight excluding hydrogens is 260 g/mol. The van der Waals surface area contributed by atoms with E-state index in [9.17, 15) is 14.4 Å². The molecule has 2 amide bonds. The summed E-state index contributed by atoms with van der Waals surface area (Å²) in [6.45, 7) is 5.11. The lowest BCUT2D eigenvalue weighted by molar-refractivity contribution is -0.119. The van der Waals surface area contributed by atoms with Crippen LogP contribution in [0.1, 0.15) is 34.8 Å². The second kappa shape index (κ2) is 6.70. The second-order valence-corrected chi connectivity index (χ2v) is 4.59. The molecule has 20 heavy (non-hydrogen) atoms. The van der Waals surface area contributed by atoms with E-state index in [0.717, 1.165) is 5.56 Å². The Bertz CT molecular complexity index is 552. The van der Waals surface area contributed by atoms with Crippen LogP contribution in [0.3, 0.4) is 0 Å². The van der Waals surface area contributed by atoms with Crippen molar-refractivity contribution in [1.29, 1.82) is 0 Å². The number of aryl methyl sites for hydroxylation is 2. The van der Waals surface area contributed by atoms with Gasteiger partial charge in [-0.05, 0) is 31.0 Å². The highest BCUT2D eigenvalue weighted by molar-refractivity contribution is 6.01. The number of hydrogen-bond acceptors (Lipinski definition) is 3. The molecule has 0 saturated carbocycles. The molecule has 0 aliphatic heterocycles. The summed E-state index contributed by atoms with van der Waals surface area (Å²) in [5.74, 6) is -1.64. The molecule has 0 aliphatic rings. The van der Waals surface area contributed by atoms with Crippen LogP contribution in [0.4, 0.5) is 5.69 Å². The van der Waals surface area contributed by atoms with Crippen LogP contribution in [0, 0.1) is 13.8 Å². The fourth-order valence-electron chi connectivity index (χ4n) is 1.86. The number of carboxylic acid groups (broad SMARTS) is 1. The van der Waals surface area contributed by atoms with Gasteiger partial charge >= 0.3 is 5.97 Å². The molecule has 6 nitrogen and oxygen atoms in total. The average molecular weight is 278 g/mol. The quantitative estimate of drug-likeness (QED) is 0.760. The number of anilines is 1. The fraction of sp³-hybridized carbons (Fsp3) is 0.357. The van der Waals surface area contributed by atoms with Crippen molar-refractivity contribution in [2.75, 3.05) is 11.9 Å². The molecule has 0 unspecified atom stereocenters. The van der Waals surface area contributed by atoms with Gasteiger partial charge in [0.05, 0.1) is 11.3 Å². The van der Waals surface area contributed by atoms with Gasteiger partial charge in [0.25, 0.3) is 0 Å². The van der Waals surface area contributed by atoms with Crippen molar-refractivity contribution in [3.63, 3.8) is 0 Å². The molecule has 0 fully saturated rings. The minimum atomic E-state index is -1.09. The second-order valence-electron chi connectivity index (χ2n) is 4.59. The summed E-state index contributed by atoms with van der Waals surface area (Å²) >= 11 is 0. The van der Waals surface area contributed by atoms with Gasteiger partial charge in [-0.2, -0.15) is 0 Å². The highest BCUT2D eigenvalue weighted by Crippen LogP contribution is 2.23. The van der Waals surface area contributed by atoms with Gasteiger partial charge in [0, 0.05) is 19.9 Å². The minimum absolute atomic E-state index is 0.0652. The van der Waals surface area contributed by atoms with Crippen molar-refractivity contribution >= 4 is 23.5 Å². The van der Waals surface area contributed by atoms with Gasteiger partial charge in [-0.3, -0.25) is 9.59 Å². The summed E-state index contributed by atoms with van der Waals surface area (Å²) in [7, 11) is 0. The average Bonchev–Trinajstić information content (AvgIpc) is 2.31. The number of carboxylic acids is 1. The fourth-order valence-corrected chi connectivity index (χ4v) is 1.86. The van der Waals surface area contributed by atoms with E-state index in [1.54, 1.807) is 19.9 Å². The van der Waals surface area contributed by atoms with Gasteiger partial charge < -0.3 is 15.7 Å². The van der Waals surface area contributed by atoms with Crippen molar-refractivity contribution in [2.45, 2.75) is 27.2 Å². The third-order valence-electron chi connectivity index (χ3n) is 2.70. The number of carbonyl (C=O) groups is 3. The molecular formula is C14H18N2O4. The lowest BCUT2D eigenvalue weighted by Crippen LogP contribution is -2.26. The minimum Gasteiger partial charge on any atom is -0.478 e. The van der Waals surface area contributed by atoms with E-state index in [-0.39, 0.29) is 30.3 Å². The van der Waals surface area contributed by atoms with E-state index in [4.69, 9.17) is 5.11 Å². The topological polar surface area (TPSA) is 95.5 Å². The van der Waals surface area contributed by atoms with Crippen LogP contribution in [0.2, 0.25) is 0 Å². The van der Waals surface area contributed by atoms with Gasteiger partial charge in [0.2, 0.25) is 11.8 Å². The zero-order valence-corrected chi connectivity index (χ0v) is 11.7. The van der Waals surface area contributed by atoms with Crippen molar-refractivity contribution in [3.8, 4) is 0 Å². The predicted molar refractivity (Wildman–Crippen MR) is 74.8 cm³/mol. The molecule has 0 bridgehead atoms. The molecule has 1 rings (SSSR count). The molecule has 0 heterocycles. The molecule has 0 aliphatic carbocycles. The normalized spacial score (nSPS) is 9.95. The monoisotopic (exact) mass is 278 g/mol. The molecule has 108 valence electrons. The van der Waals surface area contributed by atoms with Crippen LogP contribution in [0.5, 0.6) is 0 Å². The number of benzene rings is 1. The Morgan fingerprint density at radius 1 is 1.20 bits per heavy atom. The Balaban J connectivity index is 2.83. The van der Waals surface area contributed by atoms with Gasteiger partial charge in [-0.15, -0.1) is 0 Å². The third kappa shape index (κ3) is 4.38. The highest BCUT2D eigenvalue weighted by Gasteiger charge is 2.15. The number of nitrogens with one attached hydrogen (secondary N) is 2. The van der Waals surface area contributed by atoms with Crippen LogP contribution in [0.15, 0.2) is 12.1 Å². The number of aromatic carboxylic acids is 1. The molecule has 0 spiro atoms. The molecule has 0 saturated heterocycles. The summed E-state index contributed by atoms with van der Waals surface area (Å²) in [5.41, 5.74) is 1.87. The van der Waals surface area contributed by atoms with Gasteiger partial charge in [-0.25, -0.2) is 4.79 Å². The van der Waals surface area contributed by atoms with Crippen LogP contribution >= 0.6 is 0 Å². The Morgan fingerprint density at radius 3 is 2.40 bits per heavy atom. The maximum absolute atomic E-state index is 11.8. The van der Waals surface area contributed by atoms with E-state index >= 15 is 0 Å².